The van der Waals surface area contributed by atoms with Gasteiger partial charge >= 0.3 is 0 Å². The largest absolute Gasteiger partial charge is 0.340 e. The molecule has 0 spiro atoms. The van der Waals surface area contributed by atoms with Gasteiger partial charge in [0, 0.05) is 7.11 Å². The molecule has 1 aliphatic heterocycles. The van der Waals surface area contributed by atoms with Crippen LogP contribution in [-0.4, -0.2) is 25.1 Å². The summed E-state index contributed by atoms with van der Waals surface area (Å²) in [6.07, 6.45) is -0.298. The number of rotatable bonds is 3. The van der Waals surface area contributed by atoms with Crippen LogP contribution in [0.3, 0.4) is 0 Å². The summed E-state index contributed by atoms with van der Waals surface area (Å²) >= 11 is 0. The second-order valence-electron chi connectivity index (χ2n) is 2.20. The molecule has 1 heterocycles. The van der Waals surface area contributed by atoms with E-state index in [-0.39, 0.29) is 12.2 Å². The first-order valence-electron chi connectivity index (χ1n) is 3.22. The smallest absolute Gasteiger partial charge is 0.266 e. The van der Waals surface area contributed by atoms with E-state index in [4.69, 9.17) is 4.74 Å². The van der Waals surface area contributed by atoms with Crippen LogP contribution in [0.2, 0.25) is 0 Å². The van der Waals surface area contributed by atoms with Gasteiger partial charge < -0.3 is 4.74 Å². The number of ketones is 1. The van der Waals surface area contributed by atoms with Gasteiger partial charge in [-0.05, 0) is 6.92 Å². The van der Waals surface area contributed by atoms with Crippen LogP contribution in [0.1, 0.15) is 13.3 Å². The van der Waals surface area contributed by atoms with E-state index in [9.17, 15) is 4.79 Å². The van der Waals surface area contributed by atoms with Crippen LogP contribution in [0.5, 0.6) is 0 Å². The Labute approximate surface area is 64.2 Å². The average Bonchev–Trinajstić information content (AvgIpc) is 2.34. The minimum atomic E-state index is -0.538. The Kier molecular flexibility index (Phi) is 2.43. The summed E-state index contributed by atoms with van der Waals surface area (Å²) in [5.74, 6) is 0.476. The third-order valence-corrected chi connectivity index (χ3v) is 1.15. The van der Waals surface area contributed by atoms with Crippen molar-refractivity contribution in [2.75, 3.05) is 7.11 Å². The molecule has 1 unspecified atom stereocenters. The van der Waals surface area contributed by atoms with E-state index in [1.807, 2.05) is 0 Å². The molecule has 0 aromatic rings. The van der Waals surface area contributed by atoms with Crippen molar-refractivity contribution in [2.24, 2.45) is 15.2 Å². The van der Waals surface area contributed by atoms with Crippen molar-refractivity contribution in [3.05, 3.63) is 0 Å². The molecule has 0 amide bonds. The predicted octanol–water partition coefficient (Wildman–Crippen LogP) is 0.760. The van der Waals surface area contributed by atoms with Crippen molar-refractivity contribution in [2.45, 2.75) is 19.7 Å². The van der Waals surface area contributed by atoms with E-state index >= 15 is 0 Å². The molecule has 0 fully saturated rings. The van der Waals surface area contributed by atoms with Crippen molar-refractivity contribution >= 4 is 11.6 Å². The number of methoxy groups -OCH3 is 1. The number of hydrogen-bond acceptors (Lipinski definition) is 5. The lowest BCUT2D eigenvalue weighted by Crippen LogP contribution is -2.02. The lowest BCUT2D eigenvalue weighted by atomic mass is 10.3. The molecule has 0 aliphatic carbocycles. The molecule has 0 N–H and O–H groups in total. The molecule has 11 heavy (non-hydrogen) atoms. The Balaban J connectivity index is 2.50. The number of nitrogens with zero attached hydrogens (tertiary/aromatic N) is 3. The first kappa shape index (κ1) is 8.00. The standard InChI is InChI=1S/C6H9N3O2/c1-4(10)3-5-7-6(11-2)9-8-5/h6H,3H2,1-2H3. The summed E-state index contributed by atoms with van der Waals surface area (Å²) < 4.78 is 4.76. The summed E-state index contributed by atoms with van der Waals surface area (Å²) in [4.78, 5) is 14.5. The lowest BCUT2D eigenvalue weighted by Gasteiger charge is -1.94. The molecule has 0 radical (unpaired) electrons. The number of carbonyl (C=O) groups is 1. The minimum absolute atomic E-state index is 0.0273. The summed E-state index contributed by atoms with van der Waals surface area (Å²) in [6, 6.07) is 0. The summed E-state index contributed by atoms with van der Waals surface area (Å²) in [7, 11) is 1.49. The van der Waals surface area contributed by atoms with E-state index in [2.05, 4.69) is 15.2 Å². The average molecular weight is 155 g/mol. The highest BCUT2D eigenvalue weighted by Crippen LogP contribution is 2.07. The zero-order valence-corrected chi connectivity index (χ0v) is 6.44. The summed E-state index contributed by atoms with van der Waals surface area (Å²) in [6.45, 7) is 1.48. The van der Waals surface area contributed by atoms with Crippen LogP contribution in [0.15, 0.2) is 15.2 Å². The third-order valence-electron chi connectivity index (χ3n) is 1.15. The Hall–Kier alpha value is -1.10. The lowest BCUT2D eigenvalue weighted by molar-refractivity contribution is -0.115. The van der Waals surface area contributed by atoms with E-state index < -0.39 is 6.35 Å². The van der Waals surface area contributed by atoms with Gasteiger partial charge in [0.15, 0.2) is 5.84 Å². The Morgan fingerprint density at radius 3 is 2.91 bits per heavy atom. The highest BCUT2D eigenvalue weighted by atomic mass is 16.5. The van der Waals surface area contributed by atoms with Crippen LogP contribution in [0.4, 0.5) is 0 Å². The van der Waals surface area contributed by atoms with E-state index in [1.165, 1.54) is 14.0 Å². The van der Waals surface area contributed by atoms with Gasteiger partial charge in [0.25, 0.3) is 6.35 Å². The van der Waals surface area contributed by atoms with Crippen molar-refractivity contribution in [1.82, 2.24) is 0 Å². The number of azo groups is 1. The third kappa shape index (κ3) is 2.19. The van der Waals surface area contributed by atoms with Crippen LogP contribution in [0, 0.1) is 0 Å². The first-order valence-corrected chi connectivity index (χ1v) is 3.22. The molecule has 1 rings (SSSR count). The molecular formula is C6H9N3O2. The van der Waals surface area contributed by atoms with Crippen molar-refractivity contribution in [3.63, 3.8) is 0 Å². The topological polar surface area (TPSA) is 63.4 Å². The second-order valence-corrected chi connectivity index (χ2v) is 2.20. The Morgan fingerprint density at radius 2 is 2.45 bits per heavy atom. The molecule has 0 saturated carbocycles. The second kappa shape index (κ2) is 3.34. The van der Waals surface area contributed by atoms with Gasteiger partial charge in [-0.3, -0.25) is 4.79 Å². The number of aliphatic imine (C=N–C) groups is 1. The van der Waals surface area contributed by atoms with E-state index in [1.54, 1.807) is 0 Å². The normalized spacial score (nSPS) is 22.0. The number of hydrogen-bond donors (Lipinski definition) is 0. The van der Waals surface area contributed by atoms with Crippen molar-refractivity contribution in [3.8, 4) is 0 Å². The summed E-state index contributed by atoms with van der Waals surface area (Å²) in [5, 5.41) is 7.29. The maximum atomic E-state index is 10.6. The van der Waals surface area contributed by atoms with Crippen LogP contribution in [-0.2, 0) is 9.53 Å². The highest BCUT2D eigenvalue weighted by Gasteiger charge is 2.13. The first-order chi connectivity index (χ1) is 5.22. The van der Waals surface area contributed by atoms with Crippen molar-refractivity contribution < 1.29 is 9.53 Å². The molecule has 0 aromatic carbocycles. The number of ether oxygens (including phenoxy) is 1. The van der Waals surface area contributed by atoms with Gasteiger partial charge in [0.05, 0.1) is 6.42 Å². The fourth-order valence-electron chi connectivity index (χ4n) is 0.699. The number of Topliss-reactive ketones (excluding diaryl/α,β-unsaturated/α-hetero) is 1. The molecular weight excluding hydrogens is 146 g/mol. The summed E-state index contributed by atoms with van der Waals surface area (Å²) in [5.41, 5.74) is 0. The molecule has 0 bridgehead atoms. The maximum absolute atomic E-state index is 10.6. The van der Waals surface area contributed by atoms with Gasteiger partial charge in [-0.25, -0.2) is 4.99 Å². The number of amidine groups is 1. The van der Waals surface area contributed by atoms with Gasteiger partial charge in [-0.2, -0.15) is 0 Å². The van der Waals surface area contributed by atoms with Gasteiger partial charge in [-0.15, -0.1) is 10.2 Å². The van der Waals surface area contributed by atoms with E-state index in [0.717, 1.165) is 0 Å². The quantitative estimate of drug-likeness (QED) is 0.603. The van der Waals surface area contributed by atoms with Crippen molar-refractivity contribution in [1.29, 1.82) is 0 Å². The molecule has 1 atom stereocenters. The molecule has 0 aromatic heterocycles. The van der Waals surface area contributed by atoms with Gasteiger partial charge in [-0.1, -0.05) is 0 Å². The number of carbonyl (C=O) groups excluding carboxylic acids is 1. The monoisotopic (exact) mass is 155 g/mol. The zero-order chi connectivity index (χ0) is 8.27. The van der Waals surface area contributed by atoms with E-state index in [0.29, 0.717) is 5.84 Å². The highest BCUT2D eigenvalue weighted by molar-refractivity contribution is 6.00. The predicted molar refractivity (Wildman–Crippen MR) is 38.4 cm³/mol. The Bertz CT molecular complexity index is 222. The molecule has 60 valence electrons. The molecule has 0 saturated heterocycles. The fourth-order valence-corrected chi connectivity index (χ4v) is 0.699. The van der Waals surface area contributed by atoms with Gasteiger partial charge in [0.2, 0.25) is 0 Å². The molecule has 1 aliphatic rings. The Morgan fingerprint density at radius 1 is 1.73 bits per heavy atom. The van der Waals surface area contributed by atoms with Crippen LogP contribution >= 0.6 is 0 Å². The zero-order valence-electron chi connectivity index (χ0n) is 6.44. The SMILES string of the molecule is COC1N=NC(CC(C)=O)=N1. The molecule has 5 nitrogen and oxygen atoms in total. The van der Waals surface area contributed by atoms with Crippen LogP contribution in [0.25, 0.3) is 0 Å². The minimum Gasteiger partial charge on any atom is -0.340 e. The molecule has 5 heteroatoms. The fraction of sp³-hybridized carbons (Fsp3) is 0.667. The van der Waals surface area contributed by atoms with Crippen LogP contribution < -0.4 is 0 Å². The maximum Gasteiger partial charge on any atom is 0.266 e. The van der Waals surface area contributed by atoms with Gasteiger partial charge in [0.1, 0.15) is 5.78 Å².